The molecule has 0 fully saturated rings. The van der Waals surface area contributed by atoms with Crippen molar-refractivity contribution in [1.82, 2.24) is 4.98 Å². The Morgan fingerprint density at radius 3 is 2.82 bits per heavy atom. The Bertz CT molecular complexity index is 399. The number of hydrogen-bond acceptors (Lipinski definition) is 5. The van der Waals surface area contributed by atoms with E-state index in [4.69, 9.17) is 9.47 Å². The number of anilines is 1. The van der Waals surface area contributed by atoms with Gasteiger partial charge in [0.15, 0.2) is 0 Å². The van der Waals surface area contributed by atoms with Gasteiger partial charge in [-0.1, -0.05) is 0 Å². The number of nitrogens with zero attached hydrogens (tertiary/aromatic N) is 1. The monoisotopic (exact) mass is 236 g/mol. The Hall–Kier alpha value is -2.04. The lowest BCUT2D eigenvalue weighted by Crippen LogP contribution is -2.04. The molecule has 0 saturated carbocycles. The van der Waals surface area contributed by atoms with E-state index < -0.39 is 0 Å². The van der Waals surface area contributed by atoms with Gasteiger partial charge < -0.3 is 14.8 Å². The van der Waals surface area contributed by atoms with Gasteiger partial charge in [-0.25, -0.2) is 9.78 Å². The molecule has 0 unspecified atom stereocenters. The van der Waals surface area contributed by atoms with Crippen molar-refractivity contribution in [3.05, 3.63) is 30.1 Å². The minimum absolute atomic E-state index is 0.362. The highest BCUT2D eigenvalue weighted by Crippen LogP contribution is 2.12. The molecule has 0 bridgehead atoms. The fourth-order valence-corrected chi connectivity index (χ4v) is 1.20. The summed E-state index contributed by atoms with van der Waals surface area (Å²) in [5.74, 6) is 0.182. The topological polar surface area (TPSA) is 60.5 Å². The number of ether oxygens (including phenoxy) is 2. The van der Waals surface area contributed by atoms with Crippen molar-refractivity contribution in [2.24, 2.45) is 0 Å². The Kier molecular flexibility index (Phi) is 5.00. The van der Waals surface area contributed by atoms with Crippen LogP contribution >= 0.6 is 0 Å². The third-order valence-electron chi connectivity index (χ3n) is 1.91. The minimum atomic E-state index is -0.362. The first-order valence-electron chi connectivity index (χ1n) is 5.27. The molecule has 1 rings (SSSR count). The van der Waals surface area contributed by atoms with Crippen molar-refractivity contribution < 1.29 is 14.3 Å². The van der Waals surface area contributed by atoms with Crippen LogP contribution in [-0.4, -0.2) is 24.7 Å². The summed E-state index contributed by atoms with van der Waals surface area (Å²) >= 11 is 0. The van der Waals surface area contributed by atoms with Gasteiger partial charge in [0, 0.05) is 17.8 Å². The molecule has 0 amide bonds. The van der Waals surface area contributed by atoms with Gasteiger partial charge in [-0.2, -0.15) is 0 Å². The van der Waals surface area contributed by atoms with Gasteiger partial charge in [-0.15, -0.1) is 0 Å². The average Bonchev–Trinajstić information content (AvgIpc) is 2.30. The Labute approximate surface area is 100 Å². The van der Waals surface area contributed by atoms with Crippen LogP contribution in [0.25, 0.3) is 0 Å². The molecule has 1 heterocycles. The molecule has 1 aromatic rings. The number of hydrogen-bond donors (Lipinski definition) is 1. The number of rotatable bonds is 5. The first-order chi connectivity index (χ1) is 8.15. The fourth-order valence-electron chi connectivity index (χ4n) is 1.20. The number of carbonyl (C=O) groups is 1. The summed E-state index contributed by atoms with van der Waals surface area (Å²) in [5.41, 5.74) is 1.47. The summed E-state index contributed by atoms with van der Waals surface area (Å²) in [5, 5.41) is 3.02. The summed E-state index contributed by atoms with van der Waals surface area (Å²) in [6.45, 7) is 3.91. The molecule has 1 aromatic heterocycles. The molecule has 0 spiro atoms. The summed E-state index contributed by atoms with van der Waals surface area (Å²) < 4.78 is 9.74. The van der Waals surface area contributed by atoms with Crippen molar-refractivity contribution in [1.29, 1.82) is 0 Å². The van der Waals surface area contributed by atoms with Gasteiger partial charge in [0.25, 0.3) is 0 Å². The summed E-state index contributed by atoms with van der Waals surface area (Å²) in [7, 11) is 1.56. The maximum Gasteiger partial charge on any atom is 0.332 e. The van der Waals surface area contributed by atoms with Crippen LogP contribution in [0.2, 0.25) is 0 Å². The normalized spacial score (nSPS) is 10.9. The number of methoxy groups -OCH3 is 1. The van der Waals surface area contributed by atoms with E-state index in [0.717, 1.165) is 5.69 Å². The van der Waals surface area contributed by atoms with Crippen molar-refractivity contribution >= 4 is 11.7 Å². The van der Waals surface area contributed by atoms with Gasteiger partial charge >= 0.3 is 5.97 Å². The zero-order chi connectivity index (χ0) is 12.7. The SMILES string of the molecule is CCOC(=O)/C=C(\C)Nc1ccc(OC)nc1. The highest BCUT2D eigenvalue weighted by molar-refractivity contribution is 5.83. The Morgan fingerprint density at radius 2 is 2.29 bits per heavy atom. The molecule has 92 valence electrons. The smallest absolute Gasteiger partial charge is 0.332 e. The molecular weight excluding hydrogens is 220 g/mol. The first kappa shape index (κ1) is 13.0. The van der Waals surface area contributed by atoms with E-state index in [1.54, 1.807) is 33.2 Å². The lowest BCUT2D eigenvalue weighted by atomic mass is 10.3. The van der Waals surface area contributed by atoms with E-state index in [1.165, 1.54) is 6.08 Å². The number of aromatic nitrogens is 1. The highest BCUT2D eigenvalue weighted by atomic mass is 16.5. The number of pyridine rings is 1. The third-order valence-corrected chi connectivity index (χ3v) is 1.91. The molecule has 0 aliphatic heterocycles. The highest BCUT2D eigenvalue weighted by Gasteiger charge is 1.99. The third kappa shape index (κ3) is 4.55. The van der Waals surface area contributed by atoms with Gasteiger partial charge in [-0.3, -0.25) is 0 Å². The molecule has 0 aromatic carbocycles. The molecule has 0 atom stereocenters. The molecule has 5 heteroatoms. The fraction of sp³-hybridized carbons (Fsp3) is 0.333. The Morgan fingerprint density at radius 1 is 1.53 bits per heavy atom. The van der Waals surface area contributed by atoms with E-state index in [9.17, 15) is 4.79 Å². The summed E-state index contributed by atoms with van der Waals surface area (Å²) in [6.07, 6.45) is 3.02. The number of carbonyl (C=O) groups excluding carboxylic acids is 1. The van der Waals surface area contributed by atoms with Crippen molar-refractivity contribution in [3.8, 4) is 5.88 Å². The maximum absolute atomic E-state index is 11.2. The van der Waals surface area contributed by atoms with E-state index in [-0.39, 0.29) is 5.97 Å². The quantitative estimate of drug-likeness (QED) is 0.625. The molecule has 17 heavy (non-hydrogen) atoms. The number of allylic oxidation sites excluding steroid dienone is 1. The van der Waals surface area contributed by atoms with Crippen molar-refractivity contribution in [2.45, 2.75) is 13.8 Å². The van der Waals surface area contributed by atoms with Crippen LogP contribution in [0.4, 0.5) is 5.69 Å². The maximum atomic E-state index is 11.2. The van der Waals surface area contributed by atoms with E-state index in [0.29, 0.717) is 18.2 Å². The number of esters is 1. The van der Waals surface area contributed by atoms with Crippen molar-refractivity contribution in [3.63, 3.8) is 0 Å². The van der Waals surface area contributed by atoms with Crippen LogP contribution in [0.15, 0.2) is 30.1 Å². The molecule has 0 radical (unpaired) electrons. The van der Waals surface area contributed by atoms with Gasteiger partial charge in [0.05, 0.1) is 25.6 Å². The zero-order valence-corrected chi connectivity index (χ0v) is 10.2. The van der Waals surface area contributed by atoms with Crippen molar-refractivity contribution in [2.75, 3.05) is 19.0 Å². The lowest BCUT2D eigenvalue weighted by molar-refractivity contribution is -0.137. The van der Waals surface area contributed by atoms with Crippen LogP contribution in [0.3, 0.4) is 0 Å². The van der Waals surface area contributed by atoms with E-state index in [2.05, 4.69) is 10.3 Å². The second-order valence-corrected chi connectivity index (χ2v) is 3.29. The zero-order valence-electron chi connectivity index (χ0n) is 10.2. The summed E-state index contributed by atoms with van der Waals surface area (Å²) in [6, 6.07) is 3.55. The summed E-state index contributed by atoms with van der Waals surface area (Å²) in [4.78, 5) is 15.2. The molecule has 5 nitrogen and oxygen atoms in total. The average molecular weight is 236 g/mol. The van der Waals surface area contributed by atoms with E-state index in [1.807, 2.05) is 6.07 Å². The Balaban J connectivity index is 2.60. The van der Waals surface area contributed by atoms with Crippen LogP contribution in [-0.2, 0) is 9.53 Å². The predicted octanol–water partition coefficient (Wildman–Crippen LogP) is 1.97. The largest absolute Gasteiger partial charge is 0.481 e. The van der Waals surface area contributed by atoms with Crippen LogP contribution in [0.5, 0.6) is 5.88 Å². The molecular formula is C12H16N2O3. The number of nitrogens with one attached hydrogen (secondary N) is 1. The lowest BCUT2D eigenvalue weighted by Gasteiger charge is -2.06. The first-order valence-corrected chi connectivity index (χ1v) is 5.27. The molecule has 0 aliphatic rings. The second-order valence-electron chi connectivity index (χ2n) is 3.29. The standard InChI is InChI=1S/C12H16N2O3/c1-4-17-12(15)7-9(2)14-10-5-6-11(16-3)13-8-10/h5-8,14H,4H2,1-3H3/b9-7+. The van der Waals surface area contributed by atoms with Gasteiger partial charge in [0.1, 0.15) is 0 Å². The second kappa shape index (κ2) is 6.52. The van der Waals surface area contributed by atoms with Crippen LogP contribution in [0, 0.1) is 0 Å². The van der Waals surface area contributed by atoms with Crippen LogP contribution < -0.4 is 10.1 Å². The molecule has 0 saturated heterocycles. The molecule has 0 aliphatic carbocycles. The molecule has 1 N–H and O–H groups in total. The predicted molar refractivity (Wildman–Crippen MR) is 64.8 cm³/mol. The minimum Gasteiger partial charge on any atom is -0.481 e. The van der Waals surface area contributed by atoms with Gasteiger partial charge in [-0.05, 0) is 19.9 Å². The van der Waals surface area contributed by atoms with Crippen LogP contribution in [0.1, 0.15) is 13.8 Å². The van der Waals surface area contributed by atoms with Gasteiger partial charge in [0.2, 0.25) is 5.88 Å². The van der Waals surface area contributed by atoms with E-state index >= 15 is 0 Å².